The largest absolute Gasteiger partial charge is 0.288 e. The zero-order valence-corrected chi connectivity index (χ0v) is 11.4. The number of alkyl halides is 3. The number of hydrogen-bond acceptors (Lipinski definition) is 2. The van der Waals surface area contributed by atoms with E-state index in [9.17, 15) is 4.79 Å². The van der Waals surface area contributed by atoms with Crippen LogP contribution in [-0.2, 0) is 0 Å². The first-order valence-electron chi connectivity index (χ1n) is 5.11. The molecular formula is C13H8Cl3NO. The van der Waals surface area contributed by atoms with Crippen molar-refractivity contribution in [3.8, 4) is 11.1 Å². The van der Waals surface area contributed by atoms with E-state index in [1.807, 2.05) is 30.3 Å². The van der Waals surface area contributed by atoms with Crippen LogP contribution in [-0.4, -0.2) is 14.6 Å². The molecule has 2 aromatic rings. The zero-order chi connectivity index (χ0) is 13.2. The van der Waals surface area contributed by atoms with E-state index in [4.69, 9.17) is 34.8 Å². The summed E-state index contributed by atoms with van der Waals surface area (Å²) in [7, 11) is 0. The molecule has 0 aliphatic carbocycles. The molecule has 5 heteroatoms. The van der Waals surface area contributed by atoms with Gasteiger partial charge in [0.1, 0.15) is 5.69 Å². The Kier molecular flexibility index (Phi) is 3.91. The van der Waals surface area contributed by atoms with Gasteiger partial charge in [0.25, 0.3) is 3.79 Å². The van der Waals surface area contributed by atoms with Crippen molar-refractivity contribution in [3.05, 3.63) is 54.4 Å². The second-order valence-corrected chi connectivity index (χ2v) is 5.90. The number of rotatable bonds is 2. The van der Waals surface area contributed by atoms with Gasteiger partial charge in [-0.1, -0.05) is 65.1 Å². The van der Waals surface area contributed by atoms with Crippen molar-refractivity contribution in [2.75, 3.05) is 0 Å². The molecule has 2 nitrogen and oxygen atoms in total. The van der Waals surface area contributed by atoms with Crippen molar-refractivity contribution >= 4 is 40.6 Å². The number of hydrogen-bond donors (Lipinski definition) is 0. The van der Waals surface area contributed by atoms with Crippen molar-refractivity contribution < 1.29 is 4.79 Å². The summed E-state index contributed by atoms with van der Waals surface area (Å²) in [5, 5.41) is 0. The molecular weight excluding hydrogens is 293 g/mol. The Morgan fingerprint density at radius 2 is 1.67 bits per heavy atom. The van der Waals surface area contributed by atoms with Crippen molar-refractivity contribution in [3.63, 3.8) is 0 Å². The van der Waals surface area contributed by atoms with Crippen molar-refractivity contribution in [1.29, 1.82) is 0 Å². The third-order valence-electron chi connectivity index (χ3n) is 2.36. The average Bonchev–Trinajstić information content (AvgIpc) is 2.38. The Morgan fingerprint density at radius 1 is 1.00 bits per heavy atom. The van der Waals surface area contributed by atoms with Gasteiger partial charge in [-0.2, -0.15) is 0 Å². The van der Waals surface area contributed by atoms with E-state index < -0.39 is 9.58 Å². The molecule has 0 saturated heterocycles. The Balaban J connectivity index is 2.41. The Labute approximate surface area is 120 Å². The van der Waals surface area contributed by atoms with Crippen molar-refractivity contribution in [2.24, 2.45) is 0 Å². The maximum Gasteiger partial charge on any atom is 0.255 e. The van der Waals surface area contributed by atoms with E-state index in [1.54, 1.807) is 12.1 Å². The third-order valence-corrected chi connectivity index (χ3v) is 2.87. The standard InChI is InChI=1S/C13H8Cl3NO/c14-13(15,16)12(18)11-8-10(6-7-17-11)9-4-2-1-3-5-9/h1-8H. The van der Waals surface area contributed by atoms with Crippen LogP contribution in [0.25, 0.3) is 11.1 Å². The predicted octanol–water partition coefficient (Wildman–Crippen LogP) is 4.30. The molecule has 0 amide bonds. The second kappa shape index (κ2) is 5.27. The van der Waals surface area contributed by atoms with Crippen LogP contribution in [0.3, 0.4) is 0 Å². The van der Waals surface area contributed by atoms with Gasteiger partial charge in [0.05, 0.1) is 0 Å². The molecule has 0 saturated carbocycles. The van der Waals surface area contributed by atoms with E-state index in [-0.39, 0.29) is 5.69 Å². The number of carbonyl (C=O) groups is 1. The predicted molar refractivity (Wildman–Crippen MR) is 74.3 cm³/mol. The first-order chi connectivity index (χ1) is 8.48. The number of ketones is 1. The molecule has 0 bridgehead atoms. The first kappa shape index (κ1) is 13.3. The molecule has 1 heterocycles. The summed E-state index contributed by atoms with van der Waals surface area (Å²) >= 11 is 16.7. The van der Waals surface area contributed by atoms with Gasteiger partial charge in [-0.3, -0.25) is 9.78 Å². The van der Waals surface area contributed by atoms with E-state index >= 15 is 0 Å². The lowest BCUT2D eigenvalue weighted by Gasteiger charge is -2.09. The molecule has 1 aromatic carbocycles. The summed E-state index contributed by atoms with van der Waals surface area (Å²) in [6.07, 6.45) is 1.52. The molecule has 0 aliphatic rings. The molecule has 0 unspecified atom stereocenters. The van der Waals surface area contributed by atoms with Crippen molar-refractivity contribution in [1.82, 2.24) is 4.98 Å². The zero-order valence-electron chi connectivity index (χ0n) is 9.11. The van der Waals surface area contributed by atoms with E-state index in [0.29, 0.717) is 0 Å². The summed E-state index contributed by atoms with van der Waals surface area (Å²) in [5.41, 5.74) is 1.96. The molecule has 0 fully saturated rings. The molecule has 0 spiro atoms. The lowest BCUT2D eigenvalue weighted by molar-refractivity contribution is 0.0991. The average molecular weight is 301 g/mol. The van der Waals surface area contributed by atoms with Gasteiger partial charge in [-0.15, -0.1) is 0 Å². The van der Waals surface area contributed by atoms with Gasteiger partial charge in [0, 0.05) is 6.20 Å². The molecule has 1 aromatic heterocycles. The van der Waals surface area contributed by atoms with Gasteiger partial charge in [-0.25, -0.2) is 0 Å². The minimum atomic E-state index is -1.98. The molecule has 0 atom stereocenters. The number of carbonyl (C=O) groups excluding carboxylic acids is 1. The molecule has 92 valence electrons. The van der Waals surface area contributed by atoms with Crippen LogP contribution in [0.4, 0.5) is 0 Å². The summed E-state index contributed by atoms with van der Waals surface area (Å²) in [5.74, 6) is -0.634. The van der Waals surface area contributed by atoms with Crippen LogP contribution in [0, 0.1) is 0 Å². The fourth-order valence-electron chi connectivity index (χ4n) is 1.51. The highest BCUT2D eigenvalue weighted by atomic mass is 35.6. The molecule has 18 heavy (non-hydrogen) atoms. The topological polar surface area (TPSA) is 30.0 Å². The number of Topliss-reactive ketones (excluding diaryl/α,β-unsaturated/α-hetero) is 1. The lowest BCUT2D eigenvalue weighted by atomic mass is 10.1. The Hall–Kier alpha value is -1.09. The first-order valence-corrected chi connectivity index (χ1v) is 6.25. The number of pyridine rings is 1. The molecule has 0 N–H and O–H groups in total. The second-order valence-electron chi connectivity index (χ2n) is 3.62. The smallest absolute Gasteiger partial charge is 0.255 e. The maximum absolute atomic E-state index is 11.8. The highest BCUT2D eigenvalue weighted by Gasteiger charge is 2.32. The fraction of sp³-hybridized carbons (Fsp3) is 0.0769. The lowest BCUT2D eigenvalue weighted by Crippen LogP contribution is -2.20. The highest BCUT2D eigenvalue weighted by Crippen LogP contribution is 2.30. The van der Waals surface area contributed by atoms with Crippen LogP contribution in [0.5, 0.6) is 0 Å². The third kappa shape index (κ3) is 3.02. The van der Waals surface area contributed by atoms with Crippen molar-refractivity contribution in [2.45, 2.75) is 3.79 Å². The van der Waals surface area contributed by atoms with Gasteiger partial charge >= 0.3 is 0 Å². The quantitative estimate of drug-likeness (QED) is 0.611. The van der Waals surface area contributed by atoms with Gasteiger partial charge < -0.3 is 0 Å². The summed E-state index contributed by atoms with van der Waals surface area (Å²) in [4.78, 5) is 15.7. The van der Waals surface area contributed by atoms with Crippen LogP contribution < -0.4 is 0 Å². The normalized spacial score (nSPS) is 11.3. The monoisotopic (exact) mass is 299 g/mol. The van der Waals surface area contributed by atoms with E-state index in [2.05, 4.69) is 4.98 Å². The van der Waals surface area contributed by atoms with Crippen LogP contribution in [0.1, 0.15) is 10.5 Å². The van der Waals surface area contributed by atoms with E-state index in [1.165, 1.54) is 6.20 Å². The number of benzene rings is 1. The number of nitrogens with zero attached hydrogens (tertiary/aromatic N) is 1. The van der Waals surface area contributed by atoms with Gasteiger partial charge in [0.15, 0.2) is 0 Å². The van der Waals surface area contributed by atoms with Gasteiger partial charge in [-0.05, 0) is 23.3 Å². The van der Waals surface area contributed by atoms with Gasteiger partial charge in [0.2, 0.25) is 5.78 Å². The molecule has 0 aliphatic heterocycles. The summed E-state index contributed by atoms with van der Waals surface area (Å²) < 4.78 is -1.98. The summed E-state index contributed by atoms with van der Waals surface area (Å²) in [6, 6.07) is 13.0. The molecule has 2 rings (SSSR count). The van der Waals surface area contributed by atoms with Crippen LogP contribution in [0.15, 0.2) is 48.7 Å². The SMILES string of the molecule is O=C(c1cc(-c2ccccc2)ccn1)C(Cl)(Cl)Cl. The minimum absolute atomic E-state index is 0.136. The number of halogens is 3. The maximum atomic E-state index is 11.8. The Bertz CT molecular complexity index is 564. The number of aromatic nitrogens is 1. The van der Waals surface area contributed by atoms with E-state index in [0.717, 1.165) is 11.1 Å². The fourth-order valence-corrected chi connectivity index (χ4v) is 1.80. The summed E-state index contributed by atoms with van der Waals surface area (Å²) in [6.45, 7) is 0. The highest BCUT2D eigenvalue weighted by molar-refractivity contribution is 6.77. The van der Waals surface area contributed by atoms with Crippen LogP contribution >= 0.6 is 34.8 Å². The molecule has 0 radical (unpaired) electrons. The minimum Gasteiger partial charge on any atom is -0.288 e. The van der Waals surface area contributed by atoms with Crippen LogP contribution in [0.2, 0.25) is 0 Å². The Morgan fingerprint density at radius 3 is 2.28 bits per heavy atom.